The molecule has 0 spiro atoms. The number of phosphoric acid groups is 1. The molecule has 0 aliphatic carbocycles. The second-order valence-corrected chi connectivity index (χ2v) is 9.03. The second-order valence-electron chi connectivity index (χ2n) is 7.87. The average molecular weight is 609 g/mol. The van der Waals surface area contributed by atoms with E-state index in [1.807, 2.05) is 5.92 Å². The molecule has 0 aliphatic rings. The first-order valence-electron chi connectivity index (χ1n) is 12.8. The van der Waals surface area contributed by atoms with Gasteiger partial charge in [-0.1, -0.05) is 70.6 Å². The van der Waals surface area contributed by atoms with Crippen molar-refractivity contribution in [2.75, 3.05) is 6.61 Å². The van der Waals surface area contributed by atoms with Crippen LogP contribution in [0.2, 0.25) is 0 Å². The predicted molar refractivity (Wildman–Crippen MR) is 146 cm³/mol. The van der Waals surface area contributed by atoms with Crippen LogP contribution in [0.15, 0.2) is 0 Å². The van der Waals surface area contributed by atoms with Gasteiger partial charge in [-0.3, -0.25) is 4.79 Å². The van der Waals surface area contributed by atoms with Gasteiger partial charge in [-0.25, -0.2) is 4.79 Å². The van der Waals surface area contributed by atoms with Crippen LogP contribution in [0.1, 0.15) is 84.5 Å². The molecule has 11 heteroatoms. The summed E-state index contributed by atoms with van der Waals surface area (Å²) >= 11 is 0. The number of carbonyl (C=O) groups excluding carboxylic acids is 2. The number of phosphoric ester groups is 1. The summed E-state index contributed by atoms with van der Waals surface area (Å²) in [6.45, 7) is 2.85. The number of rotatable bonds is 16. The Morgan fingerprint density at radius 3 is 1.55 bits per heavy atom. The number of hydrogen-bond donors (Lipinski definition) is 0. The number of ether oxygens (including phenoxy) is 2. The molecule has 0 aromatic rings. The van der Waals surface area contributed by atoms with Crippen LogP contribution < -0.4 is 68.9 Å². The van der Waals surface area contributed by atoms with Gasteiger partial charge in [-0.05, 0) is 84.4 Å². The normalized spacial score (nSPS) is 9.14. The predicted octanol–water partition coefficient (Wildman–Crippen LogP) is -3.39. The van der Waals surface area contributed by atoms with Crippen molar-refractivity contribution in [3.63, 3.8) is 0 Å². The molecule has 0 aromatic heterocycles. The van der Waals surface area contributed by atoms with Gasteiger partial charge in [0.1, 0.15) is 6.61 Å². The van der Waals surface area contributed by atoms with E-state index in [1.54, 1.807) is 6.92 Å². The zero-order valence-electron chi connectivity index (χ0n) is 24.8. The van der Waals surface area contributed by atoms with Crippen LogP contribution in [-0.4, -0.2) is 24.8 Å². The van der Waals surface area contributed by atoms with Crippen molar-refractivity contribution in [3.8, 4) is 82.9 Å². The maximum Gasteiger partial charge on any atom is 1.00 e. The van der Waals surface area contributed by atoms with Gasteiger partial charge in [0.05, 0.1) is 7.82 Å². The SMILES string of the molecule is CC#CC#CC#CC#CC#CC#CC#CC(=O)O[C@@H](COP(=O)([O-])[O-])OC(=O)CCCCCCCCCCCC.[Na+].[Na+]. The van der Waals surface area contributed by atoms with E-state index < -0.39 is 32.7 Å². The molecule has 8 nitrogen and oxygen atoms in total. The molecule has 0 heterocycles. The maximum atomic E-state index is 12.1. The fourth-order valence-electron chi connectivity index (χ4n) is 2.81. The van der Waals surface area contributed by atoms with Gasteiger partial charge < -0.3 is 28.3 Å². The number of hydrogen-bond acceptors (Lipinski definition) is 8. The van der Waals surface area contributed by atoms with E-state index >= 15 is 0 Å². The molecule has 0 radical (unpaired) electrons. The Hall–Kier alpha value is -2.03. The Morgan fingerprint density at radius 1 is 0.667 bits per heavy atom. The third-order valence-corrected chi connectivity index (χ3v) is 5.05. The molecule has 0 amide bonds. The van der Waals surface area contributed by atoms with Crippen LogP contribution in [0.4, 0.5) is 0 Å². The summed E-state index contributed by atoms with van der Waals surface area (Å²) in [5.41, 5.74) is 0. The largest absolute Gasteiger partial charge is 1.00 e. The molecule has 42 heavy (non-hydrogen) atoms. The molecule has 1 atom stereocenters. The number of esters is 2. The first kappa shape index (κ1) is 44.4. The van der Waals surface area contributed by atoms with Gasteiger partial charge in [-0.15, -0.1) is 0 Å². The van der Waals surface area contributed by atoms with Crippen molar-refractivity contribution in [2.45, 2.75) is 90.8 Å². The van der Waals surface area contributed by atoms with Crippen LogP contribution in [0, 0.1) is 82.9 Å². The summed E-state index contributed by atoms with van der Waals surface area (Å²) in [6.07, 6.45) is 9.03. The summed E-state index contributed by atoms with van der Waals surface area (Å²) in [4.78, 5) is 45.5. The molecule has 0 fully saturated rings. The topological polar surface area (TPSA) is 125 Å². The first-order chi connectivity index (χ1) is 19.3. The summed E-state index contributed by atoms with van der Waals surface area (Å²) in [6, 6.07) is 0. The Bertz CT molecular complexity index is 1300. The van der Waals surface area contributed by atoms with Gasteiger partial charge in [0.25, 0.3) is 6.29 Å². The van der Waals surface area contributed by atoms with Crippen LogP contribution in [0.3, 0.4) is 0 Å². The van der Waals surface area contributed by atoms with Crippen LogP contribution in [0.5, 0.6) is 0 Å². The van der Waals surface area contributed by atoms with E-state index in [2.05, 4.69) is 88.4 Å². The molecule has 0 aromatic carbocycles. The minimum absolute atomic E-state index is 0. The van der Waals surface area contributed by atoms with Crippen molar-refractivity contribution < 1.29 is 97.1 Å². The van der Waals surface area contributed by atoms with Gasteiger partial charge in [0.2, 0.25) is 0 Å². The Morgan fingerprint density at radius 2 is 1.10 bits per heavy atom. The van der Waals surface area contributed by atoms with E-state index in [-0.39, 0.29) is 65.5 Å². The molecule has 0 saturated carbocycles. The van der Waals surface area contributed by atoms with Crippen LogP contribution in [0.25, 0.3) is 0 Å². The average Bonchev–Trinajstić information content (AvgIpc) is 2.90. The smallest absolute Gasteiger partial charge is 0.790 e. The molecule has 0 bridgehead atoms. The summed E-state index contributed by atoms with van der Waals surface area (Å²) in [5, 5.41) is 0. The Balaban J connectivity index is -0.00000760. The summed E-state index contributed by atoms with van der Waals surface area (Å²) < 4.78 is 24.6. The van der Waals surface area contributed by atoms with E-state index in [4.69, 9.17) is 9.47 Å². The van der Waals surface area contributed by atoms with Crippen molar-refractivity contribution in [1.82, 2.24) is 0 Å². The van der Waals surface area contributed by atoms with Gasteiger partial charge in [0.15, 0.2) is 0 Å². The molecular formula is C31H31Na2O8P. The fourth-order valence-corrected chi connectivity index (χ4v) is 3.12. The molecular weight excluding hydrogens is 577 g/mol. The van der Waals surface area contributed by atoms with E-state index in [9.17, 15) is 23.9 Å². The first-order valence-corrected chi connectivity index (χ1v) is 14.2. The van der Waals surface area contributed by atoms with Crippen molar-refractivity contribution >= 4 is 19.8 Å². The van der Waals surface area contributed by atoms with E-state index in [0.717, 1.165) is 25.7 Å². The van der Waals surface area contributed by atoms with Gasteiger partial charge >= 0.3 is 71.1 Å². The number of carbonyl (C=O) groups is 2. The quantitative estimate of drug-likeness (QED) is 0.0338. The van der Waals surface area contributed by atoms with Crippen LogP contribution >= 0.6 is 7.82 Å². The zero-order chi connectivity index (χ0) is 29.7. The monoisotopic (exact) mass is 608 g/mol. The molecule has 0 unspecified atom stereocenters. The van der Waals surface area contributed by atoms with Crippen molar-refractivity contribution in [2.24, 2.45) is 0 Å². The molecule has 0 aliphatic heterocycles. The minimum atomic E-state index is -5.39. The van der Waals surface area contributed by atoms with E-state index in [0.29, 0.717) is 6.42 Å². The fraction of sp³-hybridized carbons (Fsp3) is 0.484. The molecule has 210 valence electrons. The molecule has 0 N–H and O–H groups in total. The second kappa shape index (κ2) is 31.9. The van der Waals surface area contributed by atoms with E-state index in [1.165, 1.54) is 32.1 Å². The van der Waals surface area contributed by atoms with Crippen LogP contribution in [-0.2, 0) is 28.2 Å². The Kier molecular flexibility index (Phi) is 33.7. The zero-order valence-corrected chi connectivity index (χ0v) is 29.7. The molecule has 0 rings (SSSR count). The summed E-state index contributed by atoms with van der Waals surface area (Å²) in [5.74, 6) is 31.4. The standard InChI is InChI=1S/C31H33O8P.2Na/c1-3-5-7-9-11-13-15-16-17-19-21-23-25-27-30(33)39-31(28-37-40(34,35)36)38-29(32)26-24-22-20-18-14-12-10-8-6-4-2;;/h31H,4,6,8,10,12,14,18,20,22,24,26,28H2,1-2H3,(H2,34,35,36);;/q;2*+1/p-2/t31-;;/m0../s1. The van der Waals surface area contributed by atoms with Gasteiger partial charge in [0, 0.05) is 12.3 Å². The third kappa shape index (κ3) is 34.2. The van der Waals surface area contributed by atoms with Crippen molar-refractivity contribution in [3.05, 3.63) is 0 Å². The maximum absolute atomic E-state index is 12.1. The minimum Gasteiger partial charge on any atom is -0.790 e. The summed E-state index contributed by atoms with van der Waals surface area (Å²) in [7, 11) is -5.39. The molecule has 0 saturated heterocycles. The number of unbranched alkanes of at least 4 members (excludes halogenated alkanes) is 9. The van der Waals surface area contributed by atoms with Crippen molar-refractivity contribution in [1.29, 1.82) is 0 Å². The Labute approximate surface area is 294 Å². The third-order valence-electron chi connectivity index (χ3n) is 4.58. The van der Waals surface area contributed by atoms with Gasteiger partial charge in [-0.2, -0.15) is 0 Å².